The molecule has 1 aromatic carbocycles. The molecule has 13 rings (SSSR count). The predicted molar refractivity (Wildman–Crippen MR) is 151 cm³/mol. The summed E-state index contributed by atoms with van der Waals surface area (Å²) < 4.78 is 21.5. The van der Waals surface area contributed by atoms with Gasteiger partial charge in [-0.25, -0.2) is 0 Å². The molecule has 0 atom stereocenters. The van der Waals surface area contributed by atoms with Crippen molar-refractivity contribution < 1.29 is 14.2 Å². The van der Waals surface area contributed by atoms with Crippen LogP contribution in [0.15, 0.2) is 18.2 Å². The molecule has 12 fully saturated rings. The van der Waals surface area contributed by atoms with Crippen LogP contribution >= 0.6 is 0 Å². The first kappa shape index (κ1) is 23.2. The molecule has 0 radical (unpaired) electrons. The van der Waals surface area contributed by atoms with Gasteiger partial charge < -0.3 is 14.2 Å². The quantitative estimate of drug-likeness (QED) is 0.369. The van der Waals surface area contributed by atoms with Gasteiger partial charge in [-0.1, -0.05) is 0 Å². The van der Waals surface area contributed by atoms with Gasteiger partial charge in [0.05, 0.1) is 0 Å². The highest BCUT2D eigenvalue weighted by Crippen LogP contribution is 2.60. The van der Waals surface area contributed by atoms with Crippen LogP contribution in [-0.2, 0) is 0 Å². The minimum Gasteiger partial charge on any atom is -0.487 e. The Morgan fingerprint density at radius 2 is 0.513 bits per heavy atom. The Hall–Kier alpha value is -1.38. The summed E-state index contributed by atoms with van der Waals surface area (Å²) in [5.41, 5.74) is 0.185. The van der Waals surface area contributed by atoms with Gasteiger partial charge in [0.2, 0.25) is 0 Å². The highest BCUT2D eigenvalue weighted by atomic mass is 16.5. The molecule has 1 aromatic rings. The SMILES string of the molecule is c1c(OC23CC4CC(CC(C4)C2)C3)cc(OC23CC4CC(CC(C4)C2)C3)cc1OC12CC3CC(CC(C3)C1)C2. The lowest BCUT2D eigenvalue weighted by molar-refractivity contribution is -0.113. The first-order valence-corrected chi connectivity index (χ1v) is 17.2. The molecule has 0 amide bonds. The van der Waals surface area contributed by atoms with E-state index in [0.717, 1.165) is 70.5 Å². The lowest BCUT2D eigenvalue weighted by Gasteiger charge is -2.57. The van der Waals surface area contributed by atoms with Crippen LogP contribution < -0.4 is 14.2 Å². The molecule has 0 heterocycles. The molecule has 12 aliphatic rings. The van der Waals surface area contributed by atoms with Crippen LogP contribution in [0.1, 0.15) is 116 Å². The monoisotopic (exact) mass is 528 g/mol. The molecule has 3 nitrogen and oxygen atoms in total. The molecule has 3 heteroatoms. The van der Waals surface area contributed by atoms with Crippen LogP contribution in [0.25, 0.3) is 0 Å². The summed E-state index contributed by atoms with van der Waals surface area (Å²) in [6.45, 7) is 0. The van der Waals surface area contributed by atoms with Crippen LogP contribution in [0.4, 0.5) is 0 Å². The topological polar surface area (TPSA) is 27.7 Å². The zero-order valence-corrected chi connectivity index (χ0v) is 23.9. The Balaban J connectivity index is 0.985. The zero-order chi connectivity index (χ0) is 25.4. The normalized spacial score (nSPS) is 53.4. The van der Waals surface area contributed by atoms with Gasteiger partial charge in [0, 0.05) is 18.2 Å². The lowest BCUT2D eigenvalue weighted by atomic mass is 9.54. The maximum atomic E-state index is 7.18. The fourth-order valence-electron chi connectivity index (χ4n) is 13.9. The van der Waals surface area contributed by atoms with Crippen LogP contribution in [0.5, 0.6) is 17.2 Å². The standard InChI is InChI=1S/C36H48O3/c1-22-2-24-3-23(1)14-34(13-22,15-24)37-31-10-32(38-35-16-25-4-26(17-35)6-27(5-25)18-35)12-33(11-31)39-36-19-28-7-29(20-36)9-30(8-28)21-36/h10-12,22-30H,1-9,13-21H2. The summed E-state index contributed by atoms with van der Waals surface area (Å²) in [4.78, 5) is 0. The van der Waals surface area contributed by atoms with E-state index in [1.807, 2.05) is 0 Å². The van der Waals surface area contributed by atoms with Crippen molar-refractivity contribution in [2.24, 2.45) is 53.3 Å². The second kappa shape index (κ2) is 7.91. The Labute approximate surface area is 235 Å². The molecule has 0 N–H and O–H groups in total. The number of hydrogen-bond acceptors (Lipinski definition) is 3. The maximum Gasteiger partial charge on any atom is 0.127 e. The molecule has 0 aromatic heterocycles. The molecule has 12 saturated carbocycles. The fourth-order valence-corrected chi connectivity index (χ4v) is 13.9. The summed E-state index contributed by atoms with van der Waals surface area (Å²) in [6, 6.07) is 6.84. The smallest absolute Gasteiger partial charge is 0.127 e. The number of ether oxygens (including phenoxy) is 3. The molecule has 12 bridgehead atoms. The fraction of sp³-hybridized carbons (Fsp3) is 0.833. The van der Waals surface area contributed by atoms with Crippen molar-refractivity contribution in [3.8, 4) is 17.2 Å². The van der Waals surface area contributed by atoms with Crippen molar-refractivity contribution in [1.82, 2.24) is 0 Å². The summed E-state index contributed by atoms with van der Waals surface area (Å²) in [6.07, 6.45) is 24.5. The highest BCUT2D eigenvalue weighted by Gasteiger charge is 2.55. The minimum absolute atomic E-state index is 0.0615. The Kier molecular flexibility index (Phi) is 4.71. The van der Waals surface area contributed by atoms with E-state index in [1.165, 1.54) is 116 Å². The van der Waals surface area contributed by atoms with Crippen molar-refractivity contribution in [2.45, 2.75) is 132 Å². The highest BCUT2D eigenvalue weighted by molar-refractivity contribution is 5.43. The van der Waals surface area contributed by atoms with Gasteiger partial charge >= 0.3 is 0 Å². The van der Waals surface area contributed by atoms with E-state index in [0.29, 0.717) is 0 Å². The van der Waals surface area contributed by atoms with E-state index in [-0.39, 0.29) is 16.8 Å². The first-order valence-electron chi connectivity index (χ1n) is 17.2. The summed E-state index contributed by atoms with van der Waals surface area (Å²) in [5, 5.41) is 0. The van der Waals surface area contributed by atoms with Crippen LogP contribution in [0, 0.1) is 53.3 Å². The third-order valence-corrected chi connectivity index (χ3v) is 13.8. The number of benzene rings is 1. The van der Waals surface area contributed by atoms with E-state index < -0.39 is 0 Å². The van der Waals surface area contributed by atoms with Crippen molar-refractivity contribution in [3.63, 3.8) is 0 Å². The molecule has 39 heavy (non-hydrogen) atoms. The molecule has 0 aliphatic heterocycles. The largest absolute Gasteiger partial charge is 0.487 e. The summed E-state index contributed by atoms with van der Waals surface area (Å²) in [5.74, 6) is 11.2. The molecular weight excluding hydrogens is 480 g/mol. The van der Waals surface area contributed by atoms with Crippen LogP contribution in [-0.4, -0.2) is 16.8 Å². The molecule has 12 aliphatic carbocycles. The lowest BCUT2D eigenvalue weighted by Crippen LogP contribution is -2.54. The van der Waals surface area contributed by atoms with Gasteiger partial charge in [0.15, 0.2) is 0 Å². The third-order valence-electron chi connectivity index (χ3n) is 13.8. The van der Waals surface area contributed by atoms with Gasteiger partial charge in [-0.2, -0.15) is 0 Å². The molecular formula is C36H48O3. The van der Waals surface area contributed by atoms with Crippen molar-refractivity contribution in [1.29, 1.82) is 0 Å². The molecule has 210 valence electrons. The van der Waals surface area contributed by atoms with E-state index in [4.69, 9.17) is 14.2 Å². The van der Waals surface area contributed by atoms with E-state index in [2.05, 4.69) is 18.2 Å². The molecule has 0 unspecified atom stereocenters. The molecule has 0 spiro atoms. The molecule has 0 saturated heterocycles. The second-order valence-electron chi connectivity index (χ2n) is 17.2. The average molecular weight is 529 g/mol. The number of hydrogen-bond donors (Lipinski definition) is 0. The van der Waals surface area contributed by atoms with Gasteiger partial charge in [-0.3, -0.25) is 0 Å². The second-order valence-corrected chi connectivity index (χ2v) is 17.2. The summed E-state index contributed by atoms with van der Waals surface area (Å²) in [7, 11) is 0. The Morgan fingerprint density at radius 1 is 0.333 bits per heavy atom. The van der Waals surface area contributed by atoms with Gasteiger partial charge in [0.25, 0.3) is 0 Å². The van der Waals surface area contributed by atoms with Crippen LogP contribution in [0.2, 0.25) is 0 Å². The van der Waals surface area contributed by atoms with E-state index >= 15 is 0 Å². The minimum atomic E-state index is 0.0615. The maximum absolute atomic E-state index is 7.18. The van der Waals surface area contributed by atoms with E-state index in [1.54, 1.807) is 0 Å². The first-order chi connectivity index (χ1) is 18.9. The van der Waals surface area contributed by atoms with Gasteiger partial charge in [-0.05, 0) is 169 Å². The average Bonchev–Trinajstić information content (AvgIpc) is 2.80. The van der Waals surface area contributed by atoms with Crippen molar-refractivity contribution in [2.75, 3.05) is 0 Å². The zero-order valence-electron chi connectivity index (χ0n) is 23.9. The predicted octanol–water partition coefficient (Wildman–Crippen LogP) is 8.73. The van der Waals surface area contributed by atoms with Gasteiger partial charge in [-0.15, -0.1) is 0 Å². The van der Waals surface area contributed by atoms with Crippen molar-refractivity contribution >= 4 is 0 Å². The van der Waals surface area contributed by atoms with E-state index in [9.17, 15) is 0 Å². The Morgan fingerprint density at radius 3 is 0.692 bits per heavy atom. The summed E-state index contributed by atoms with van der Waals surface area (Å²) >= 11 is 0. The van der Waals surface area contributed by atoms with Gasteiger partial charge in [0.1, 0.15) is 34.1 Å². The van der Waals surface area contributed by atoms with Crippen molar-refractivity contribution in [3.05, 3.63) is 18.2 Å². The Bertz CT molecular complexity index is 905. The van der Waals surface area contributed by atoms with Crippen LogP contribution in [0.3, 0.4) is 0 Å². The number of rotatable bonds is 6. The third kappa shape index (κ3) is 3.86.